The van der Waals surface area contributed by atoms with Crippen LogP contribution in [0.1, 0.15) is 34.3 Å². The Morgan fingerprint density at radius 1 is 0.381 bits per heavy atom. The average Bonchev–Trinajstić information content (AvgIpc) is 3.06. The third kappa shape index (κ3) is 6.35. The van der Waals surface area contributed by atoms with Gasteiger partial charge in [0.25, 0.3) is 0 Å². The van der Waals surface area contributed by atoms with Crippen LogP contribution >= 0.6 is 0 Å². The van der Waals surface area contributed by atoms with Crippen LogP contribution in [0.2, 0.25) is 0 Å². The molecule has 0 unspecified atom stereocenters. The maximum absolute atomic E-state index is 5.23. The van der Waals surface area contributed by atoms with Crippen LogP contribution in [0.15, 0.2) is 168 Å². The van der Waals surface area contributed by atoms with Crippen LogP contribution in [0.4, 0.5) is 0 Å². The largest absolute Gasteiger partial charge is 0.282 e. The van der Waals surface area contributed by atoms with Gasteiger partial charge in [-0.05, 0) is 56.0 Å². The molecule has 6 aromatic carbocycles. The smallest absolute Gasteiger partial charge is 0.102 e. The highest BCUT2D eigenvalue weighted by Gasteiger charge is 2.26. The van der Waals surface area contributed by atoms with Gasteiger partial charge in [-0.25, -0.2) is 0 Å². The second kappa shape index (κ2) is 13.3. The minimum atomic E-state index is -0.247. The van der Waals surface area contributed by atoms with Crippen LogP contribution in [0, 0.1) is 0 Å². The van der Waals surface area contributed by atoms with Gasteiger partial charge in [0.15, 0.2) is 0 Å². The molecule has 0 aliphatic heterocycles. The lowest BCUT2D eigenvalue weighted by atomic mass is 9.88. The van der Waals surface area contributed by atoms with Crippen molar-refractivity contribution < 1.29 is 0 Å². The second-order valence-electron chi connectivity index (χ2n) is 10.2. The first kappa shape index (κ1) is 26.9. The lowest BCUT2D eigenvalue weighted by Crippen LogP contribution is -2.10. The van der Waals surface area contributed by atoms with Crippen molar-refractivity contribution in [2.24, 2.45) is 9.98 Å². The molecule has 2 nitrogen and oxygen atoms in total. The monoisotopic (exact) mass is 540 g/mol. The molecule has 0 saturated carbocycles. The van der Waals surface area contributed by atoms with E-state index in [1.165, 1.54) is 21.5 Å². The van der Waals surface area contributed by atoms with Gasteiger partial charge in [0.1, 0.15) is 12.1 Å². The van der Waals surface area contributed by atoms with Crippen LogP contribution < -0.4 is 0 Å². The number of hydrogen-bond donors (Lipinski definition) is 0. The lowest BCUT2D eigenvalue weighted by Gasteiger charge is -2.24. The van der Waals surface area contributed by atoms with E-state index in [4.69, 9.17) is 9.98 Å². The number of nitrogens with zero attached hydrogens (tertiary/aromatic N) is 2. The predicted molar refractivity (Wildman–Crippen MR) is 181 cm³/mol. The fraction of sp³-hybridized carbons (Fsp3) is 0.0500. The van der Waals surface area contributed by atoms with Crippen LogP contribution in [0.25, 0.3) is 33.7 Å². The maximum Gasteiger partial charge on any atom is 0.102 e. The van der Waals surface area contributed by atoms with E-state index in [0.29, 0.717) is 0 Å². The molecular weight excluding hydrogens is 508 g/mol. The van der Waals surface area contributed by atoms with Gasteiger partial charge < -0.3 is 0 Å². The summed E-state index contributed by atoms with van der Waals surface area (Å²) in [6.45, 7) is 0. The van der Waals surface area contributed by atoms with Gasteiger partial charge in [-0.3, -0.25) is 9.98 Å². The van der Waals surface area contributed by atoms with E-state index >= 15 is 0 Å². The first-order valence-electron chi connectivity index (χ1n) is 14.3. The number of aliphatic imine (C=N–C) groups is 2. The quantitative estimate of drug-likeness (QED) is 0.163. The number of hydrogen-bond acceptors (Lipinski definition) is 2. The van der Waals surface area contributed by atoms with Crippen LogP contribution in [-0.4, -0.2) is 12.4 Å². The molecule has 6 rings (SSSR count). The Morgan fingerprint density at radius 2 is 0.762 bits per heavy atom. The molecule has 6 aromatic rings. The highest BCUT2D eigenvalue weighted by molar-refractivity contribution is 5.89. The molecule has 0 aliphatic carbocycles. The molecule has 2 heteroatoms. The van der Waals surface area contributed by atoms with Gasteiger partial charge in [-0.2, -0.15) is 0 Å². The first-order chi connectivity index (χ1) is 20.9. The first-order valence-corrected chi connectivity index (χ1v) is 14.3. The molecule has 0 N–H and O–H groups in total. The zero-order valence-corrected chi connectivity index (χ0v) is 23.4. The fourth-order valence-electron chi connectivity index (χ4n) is 5.40. The number of rotatable bonds is 9. The summed E-state index contributed by atoms with van der Waals surface area (Å²) >= 11 is 0. The molecule has 202 valence electrons. The summed E-state index contributed by atoms with van der Waals surface area (Å²) in [6, 6.07) is 50.1. The van der Waals surface area contributed by atoms with Gasteiger partial charge in [0.05, 0.1) is 0 Å². The SMILES string of the molecule is C(/C=C/c1ccccc1)=N[C@H](c1cccc2ccccc12)[C@H](N=C/C=C/c1ccccc1)c1cccc2ccccc12. The Balaban J connectivity index is 1.48. The van der Waals surface area contributed by atoms with Crippen LogP contribution in [0.5, 0.6) is 0 Å². The molecule has 0 spiro atoms. The van der Waals surface area contributed by atoms with Gasteiger partial charge in [0.2, 0.25) is 0 Å². The zero-order valence-electron chi connectivity index (χ0n) is 23.4. The normalized spacial score (nSPS) is 13.6. The van der Waals surface area contributed by atoms with Crippen molar-refractivity contribution in [2.45, 2.75) is 12.1 Å². The van der Waals surface area contributed by atoms with E-state index in [9.17, 15) is 0 Å². The molecule has 0 aromatic heterocycles. The topological polar surface area (TPSA) is 24.7 Å². The van der Waals surface area contributed by atoms with Crippen molar-refractivity contribution >= 4 is 46.1 Å². The zero-order chi connectivity index (χ0) is 28.4. The van der Waals surface area contributed by atoms with Gasteiger partial charge >= 0.3 is 0 Å². The van der Waals surface area contributed by atoms with Crippen molar-refractivity contribution in [2.75, 3.05) is 0 Å². The summed E-state index contributed by atoms with van der Waals surface area (Å²) in [6.07, 6.45) is 12.1. The fourth-order valence-corrected chi connectivity index (χ4v) is 5.40. The summed E-state index contributed by atoms with van der Waals surface area (Å²) < 4.78 is 0. The summed E-state index contributed by atoms with van der Waals surface area (Å²) in [5.74, 6) is 0. The van der Waals surface area contributed by atoms with E-state index in [1.54, 1.807) is 0 Å². The van der Waals surface area contributed by atoms with Crippen molar-refractivity contribution in [1.82, 2.24) is 0 Å². The minimum absolute atomic E-state index is 0.247. The number of allylic oxidation sites excluding steroid dienone is 2. The molecule has 0 radical (unpaired) electrons. The minimum Gasteiger partial charge on any atom is -0.282 e. The van der Waals surface area contributed by atoms with Crippen LogP contribution in [0.3, 0.4) is 0 Å². The van der Waals surface area contributed by atoms with E-state index in [-0.39, 0.29) is 12.1 Å². The second-order valence-corrected chi connectivity index (χ2v) is 10.2. The number of fused-ring (bicyclic) bond motifs is 2. The van der Waals surface area contributed by atoms with E-state index in [1.807, 2.05) is 61.0 Å². The maximum atomic E-state index is 5.23. The molecule has 0 bridgehead atoms. The average molecular weight is 541 g/mol. The Morgan fingerprint density at radius 3 is 1.21 bits per heavy atom. The summed E-state index contributed by atoms with van der Waals surface area (Å²) in [4.78, 5) is 10.5. The Bertz CT molecular complexity index is 1730. The highest BCUT2D eigenvalue weighted by atomic mass is 14.9. The van der Waals surface area contributed by atoms with Crippen molar-refractivity contribution in [3.8, 4) is 0 Å². The van der Waals surface area contributed by atoms with Gasteiger partial charge in [-0.1, -0.05) is 158 Å². The van der Waals surface area contributed by atoms with Gasteiger partial charge in [-0.15, -0.1) is 0 Å². The summed E-state index contributed by atoms with van der Waals surface area (Å²) in [5.41, 5.74) is 4.58. The van der Waals surface area contributed by atoms with Crippen molar-refractivity contribution in [1.29, 1.82) is 0 Å². The number of benzene rings is 6. The molecule has 42 heavy (non-hydrogen) atoms. The molecule has 0 saturated heterocycles. The standard InChI is InChI=1S/C40H32N2/c1-3-15-31(16-4-1)19-13-29-41-39(37-27-11-23-33-21-7-9-25-35(33)37)40(42-30-14-20-32-17-5-2-6-18-32)38-28-12-24-34-22-8-10-26-36(34)38/h1-30,39-40H/b19-13+,20-14+,41-29?,42-30?/t39-,40-/m1/s1. The van der Waals surface area contributed by atoms with Crippen LogP contribution in [-0.2, 0) is 0 Å². The third-order valence-corrected chi connectivity index (χ3v) is 7.43. The van der Waals surface area contributed by atoms with Crippen molar-refractivity contribution in [3.63, 3.8) is 0 Å². The van der Waals surface area contributed by atoms with E-state index in [0.717, 1.165) is 22.3 Å². The molecule has 0 heterocycles. The molecule has 0 amide bonds. The Labute approximate surface area is 247 Å². The molecule has 0 aliphatic rings. The lowest BCUT2D eigenvalue weighted by molar-refractivity contribution is 0.591. The summed E-state index contributed by atoms with van der Waals surface area (Å²) in [5, 5.41) is 4.77. The molecular formula is C40H32N2. The Hall–Kier alpha value is -5.34. The molecule has 2 atom stereocenters. The van der Waals surface area contributed by atoms with E-state index in [2.05, 4.69) is 121 Å². The van der Waals surface area contributed by atoms with Crippen molar-refractivity contribution in [3.05, 3.63) is 180 Å². The molecule has 0 fully saturated rings. The third-order valence-electron chi connectivity index (χ3n) is 7.43. The summed E-state index contributed by atoms with van der Waals surface area (Å²) in [7, 11) is 0. The van der Waals surface area contributed by atoms with Gasteiger partial charge in [0, 0.05) is 12.4 Å². The Kier molecular flexibility index (Phi) is 8.53. The highest BCUT2D eigenvalue weighted by Crippen LogP contribution is 2.41. The predicted octanol–water partition coefficient (Wildman–Crippen LogP) is 10.3. The van der Waals surface area contributed by atoms with E-state index < -0.39 is 0 Å².